The van der Waals surface area contributed by atoms with Crippen molar-refractivity contribution in [1.82, 2.24) is 0 Å². The topological polar surface area (TPSA) is 50.1 Å². The minimum atomic E-state index is 0.00633. The molecule has 0 atom stereocenters. The van der Waals surface area contributed by atoms with Gasteiger partial charge in [-0.15, -0.1) is 11.3 Å². The standard InChI is InChI=1S/C13H9NO2S/c14-7-8-16-11-5-3-10(4-6-11)13(15)12-2-1-9-17-12/h1-6,9H,8H2. The molecule has 0 saturated carbocycles. The van der Waals surface area contributed by atoms with E-state index in [0.717, 1.165) is 4.88 Å². The minimum absolute atomic E-state index is 0.00633. The van der Waals surface area contributed by atoms with Crippen molar-refractivity contribution in [2.45, 2.75) is 0 Å². The lowest BCUT2D eigenvalue weighted by Crippen LogP contribution is -1.99. The van der Waals surface area contributed by atoms with Gasteiger partial charge >= 0.3 is 0 Å². The number of carbonyl (C=O) groups excluding carboxylic acids is 1. The number of nitriles is 1. The Bertz CT molecular complexity index is 538. The van der Waals surface area contributed by atoms with Gasteiger partial charge in [-0.1, -0.05) is 6.07 Å². The second-order valence-corrected chi connectivity index (χ2v) is 4.23. The number of thiophene rings is 1. The highest BCUT2D eigenvalue weighted by atomic mass is 32.1. The summed E-state index contributed by atoms with van der Waals surface area (Å²) in [7, 11) is 0. The molecule has 0 aliphatic carbocycles. The molecule has 84 valence electrons. The highest BCUT2D eigenvalue weighted by Crippen LogP contribution is 2.18. The SMILES string of the molecule is N#CCOc1ccc(C(=O)c2cccs2)cc1. The lowest BCUT2D eigenvalue weighted by atomic mass is 10.1. The molecular weight excluding hydrogens is 234 g/mol. The summed E-state index contributed by atoms with van der Waals surface area (Å²) >= 11 is 1.42. The highest BCUT2D eigenvalue weighted by molar-refractivity contribution is 7.12. The van der Waals surface area contributed by atoms with Crippen LogP contribution in [0.2, 0.25) is 0 Å². The van der Waals surface area contributed by atoms with E-state index < -0.39 is 0 Å². The van der Waals surface area contributed by atoms with E-state index in [1.165, 1.54) is 11.3 Å². The van der Waals surface area contributed by atoms with Crippen molar-refractivity contribution in [2.24, 2.45) is 0 Å². The number of ether oxygens (including phenoxy) is 1. The third-order valence-corrected chi connectivity index (χ3v) is 3.03. The van der Waals surface area contributed by atoms with Gasteiger partial charge in [0.15, 0.2) is 6.61 Å². The fourth-order valence-electron chi connectivity index (χ4n) is 1.37. The van der Waals surface area contributed by atoms with Gasteiger partial charge in [0.2, 0.25) is 5.78 Å². The molecule has 2 aromatic rings. The number of hydrogen-bond donors (Lipinski definition) is 0. The zero-order chi connectivity index (χ0) is 12.1. The first-order valence-electron chi connectivity index (χ1n) is 4.99. The fourth-order valence-corrected chi connectivity index (χ4v) is 2.05. The van der Waals surface area contributed by atoms with Gasteiger partial charge in [-0.25, -0.2) is 0 Å². The Hall–Kier alpha value is -2.12. The van der Waals surface area contributed by atoms with Gasteiger partial charge in [-0.3, -0.25) is 4.79 Å². The van der Waals surface area contributed by atoms with Gasteiger partial charge < -0.3 is 4.74 Å². The third kappa shape index (κ3) is 2.71. The van der Waals surface area contributed by atoms with Gasteiger partial charge in [-0.2, -0.15) is 5.26 Å². The van der Waals surface area contributed by atoms with Crippen LogP contribution in [0.15, 0.2) is 41.8 Å². The van der Waals surface area contributed by atoms with E-state index in [-0.39, 0.29) is 12.4 Å². The van der Waals surface area contributed by atoms with Crippen LogP contribution in [0.4, 0.5) is 0 Å². The molecule has 4 heteroatoms. The van der Waals surface area contributed by atoms with Crippen molar-refractivity contribution in [3.63, 3.8) is 0 Å². The van der Waals surface area contributed by atoms with Gasteiger partial charge in [0.05, 0.1) is 4.88 Å². The Balaban J connectivity index is 2.13. The molecule has 0 N–H and O–H groups in total. The largest absolute Gasteiger partial charge is 0.479 e. The molecule has 0 aliphatic rings. The first-order valence-corrected chi connectivity index (χ1v) is 5.87. The summed E-state index contributed by atoms with van der Waals surface area (Å²) in [6, 6.07) is 12.3. The van der Waals surface area contributed by atoms with Crippen LogP contribution in [-0.2, 0) is 0 Å². The van der Waals surface area contributed by atoms with Crippen LogP contribution in [0.1, 0.15) is 15.2 Å². The maximum absolute atomic E-state index is 12.0. The van der Waals surface area contributed by atoms with Gasteiger partial charge in [-0.05, 0) is 35.7 Å². The molecule has 0 bridgehead atoms. The summed E-state index contributed by atoms with van der Waals surface area (Å²) in [5.41, 5.74) is 0.622. The van der Waals surface area contributed by atoms with E-state index in [9.17, 15) is 4.79 Å². The van der Waals surface area contributed by atoms with Gasteiger partial charge in [0.25, 0.3) is 0 Å². The summed E-state index contributed by atoms with van der Waals surface area (Å²) in [5, 5.41) is 10.2. The van der Waals surface area contributed by atoms with E-state index in [4.69, 9.17) is 10.00 Å². The van der Waals surface area contributed by atoms with E-state index >= 15 is 0 Å². The van der Waals surface area contributed by atoms with Crippen molar-refractivity contribution in [3.05, 3.63) is 52.2 Å². The normalized spacial score (nSPS) is 9.59. The molecule has 2 rings (SSSR count). The quantitative estimate of drug-likeness (QED) is 0.776. The summed E-state index contributed by atoms with van der Waals surface area (Å²) in [6.45, 7) is 0.0121. The Morgan fingerprint density at radius 1 is 1.29 bits per heavy atom. The Morgan fingerprint density at radius 3 is 2.65 bits per heavy atom. The molecular formula is C13H9NO2S. The lowest BCUT2D eigenvalue weighted by Gasteiger charge is -2.02. The molecule has 3 nitrogen and oxygen atoms in total. The molecule has 0 aliphatic heterocycles. The van der Waals surface area contributed by atoms with Gasteiger partial charge in [0, 0.05) is 5.56 Å². The molecule has 0 fully saturated rings. The molecule has 1 heterocycles. The van der Waals surface area contributed by atoms with Crippen LogP contribution in [0.25, 0.3) is 0 Å². The van der Waals surface area contributed by atoms with E-state index in [1.807, 2.05) is 17.5 Å². The average molecular weight is 243 g/mol. The van der Waals surface area contributed by atoms with Crippen LogP contribution >= 0.6 is 11.3 Å². The predicted molar refractivity (Wildman–Crippen MR) is 65.3 cm³/mol. The first-order chi connectivity index (χ1) is 8.31. The molecule has 0 spiro atoms. The van der Waals surface area contributed by atoms with Crippen LogP contribution < -0.4 is 4.74 Å². The van der Waals surface area contributed by atoms with Crippen LogP contribution in [0.5, 0.6) is 5.75 Å². The maximum atomic E-state index is 12.0. The number of carbonyl (C=O) groups is 1. The Labute approximate surface area is 103 Å². The minimum Gasteiger partial charge on any atom is -0.479 e. The molecule has 0 radical (unpaired) electrons. The smallest absolute Gasteiger partial charge is 0.202 e. The molecule has 0 unspecified atom stereocenters. The van der Waals surface area contributed by atoms with E-state index in [2.05, 4.69) is 0 Å². The number of nitrogens with zero attached hydrogens (tertiary/aromatic N) is 1. The summed E-state index contributed by atoms with van der Waals surface area (Å²) in [4.78, 5) is 12.7. The number of ketones is 1. The van der Waals surface area contributed by atoms with Crippen molar-refractivity contribution in [2.75, 3.05) is 6.61 Å². The monoisotopic (exact) mass is 243 g/mol. The number of hydrogen-bond acceptors (Lipinski definition) is 4. The van der Waals surface area contributed by atoms with Crippen LogP contribution in [-0.4, -0.2) is 12.4 Å². The van der Waals surface area contributed by atoms with E-state index in [1.54, 1.807) is 30.3 Å². The van der Waals surface area contributed by atoms with Crippen molar-refractivity contribution < 1.29 is 9.53 Å². The molecule has 0 amide bonds. The average Bonchev–Trinajstić information content (AvgIpc) is 2.90. The molecule has 1 aromatic heterocycles. The number of benzene rings is 1. The summed E-state index contributed by atoms with van der Waals surface area (Å²) in [5.74, 6) is 0.598. The predicted octanol–water partition coefficient (Wildman–Crippen LogP) is 2.88. The van der Waals surface area contributed by atoms with Crippen molar-refractivity contribution in [1.29, 1.82) is 5.26 Å². The zero-order valence-corrected chi connectivity index (χ0v) is 9.74. The van der Waals surface area contributed by atoms with Crippen molar-refractivity contribution >= 4 is 17.1 Å². The molecule has 1 aromatic carbocycles. The molecule has 17 heavy (non-hydrogen) atoms. The Kier molecular flexibility index (Phi) is 3.53. The first kappa shape index (κ1) is 11.4. The third-order valence-electron chi connectivity index (χ3n) is 2.16. The molecule has 0 saturated heterocycles. The van der Waals surface area contributed by atoms with Gasteiger partial charge in [0.1, 0.15) is 11.8 Å². The lowest BCUT2D eigenvalue weighted by molar-refractivity contribution is 0.104. The fraction of sp³-hybridized carbons (Fsp3) is 0.0769. The second-order valence-electron chi connectivity index (χ2n) is 3.28. The summed E-state index contributed by atoms with van der Waals surface area (Å²) < 4.78 is 5.11. The maximum Gasteiger partial charge on any atom is 0.202 e. The zero-order valence-electron chi connectivity index (χ0n) is 8.92. The Morgan fingerprint density at radius 2 is 2.06 bits per heavy atom. The van der Waals surface area contributed by atoms with Crippen molar-refractivity contribution in [3.8, 4) is 11.8 Å². The van der Waals surface area contributed by atoms with E-state index in [0.29, 0.717) is 11.3 Å². The highest BCUT2D eigenvalue weighted by Gasteiger charge is 2.09. The number of rotatable bonds is 4. The van der Waals surface area contributed by atoms with Crippen LogP contribution in [0.3, 0.4) is 0 Å². The van der Waals surface area contributed by atoms with Crippen LogP contribution in [0, 0.1) is 11.3 Å². The summed E-state index contributed by atoms with van der Waals surface area (Å²) in [6.07, 6.45) is 0. The second kappa shape index (κ2) is 5.28.